The summed E-state index contributed by atoms with van der Waals surface area (Å²) in [5, 5.41) is 1.18. The van der Waals surface area contributed by atoms with Gasteiger partial charge in [0.1, 0.15) is 5.15 Å². The molecule has 0 radical (unpaired) electrons. The van der Waals surface area contributed by atoms with Crippen LogP contribution in [-0.4, -0.2) is 35.9 Å². The molecule has 1 aromatic heterocycles. The Bertz CT molecular complexity index is 957. The number of hydrogen-bond donors (Lipinski definition) is 0. The van der Waals surface area contributed by atoms with Gasteiger partial charge in [-0.3, -0.25) is 4.79 Å². The highest BCUT2D eigenvalue weighted by molar-refractivity contribution is 6.30. The Balaban J connectivity index is 1.75. The number of hydrogen-bond acceptors (Lipinski definition) is 3. The molecule has 4 nitrogen and oxygen atoms in total. The number of benzene rings is 2. The highest BCUT2D eigenvalue weighted by atomic mass is 35.5. The predicted molar refractivity (Wildman–Crippen MR) is 101 cm³/mol. The van der Waals surface area contributed by atoms with Crippen molar-refractivity contribution in [3.05, 3.63) is 70.9 Å². The van der Waals surface area contributed by atoms with E-state index in [0.717, 1.165) is 23.0 Å². The number of rotatable bonds is 1. The van der Waals surface area contributed by atoms with Crippen LogP contribution in [0.5, 0.6) is 0 Å². The fraction of sp³-hybridized carbons (Fsp3) is 0.200. The van der Waals surface area contributed by atoms with Crippen molar-refractivity contribution in [2.75, 3.05) is 25.0 Å². The number of likely N-dealkylation sites (N-methyl/N-ethyl adjacent to an activating group) is 1. The molecule has 126 valence electrons. The molecule has 25 heavy (non-hydrogen) atoms. The Morgan fingerprint density at radius 3 is 2.72 bits per heavy atom. The van der Waals surface area contributed by atoms with Gasteiger partial charge < -0.3 is 9.80 Å². The van der Waals surface area contributed by atoms with Crippen LogP contribution in [0.4, 0.5) is 5.69 Å². The van der Waals surface area contributed by atoms with E-state index in [9.17, 15) is 4.79 Å². The highest BCUT2D eigenvalue weighted by Crippen LogP contribution is 2.27. The monoisotopic (exact) mass is 351 g/mol. The molecule has 0 spiro atoms. The molecule has 0 aliphatic carbocycles. The van der Waals surface area contributed by atoms with Crippen molar-refractivity contribution in [3.8, 4) is 0 Å². The lowest BCUT2D eigenvalue weighted by molar-refractivity contribution is 0.0753. The molecule has 2 heterocycles. The molecule has 0 saturated carbocycles. The maximum atomic E-state index is 13.3. The first-order chi connectivity index (χ1) is 12.1. The lowest BCUT2D eigenvalue weighted by Gasteiger charge is -2.22. The second-order valence-electron chi connectivity index (χ2n) is 6.29. The largest absolute Gasteiger partial charge is 0.373 e. The maximum absolute atomic E-state index is 13.3. The van der Waals surface area contributed by atoms with E-state index in [1.807, 2.05) is 41.3 Å². The van der Waals surface area contributed by atoms with Gasteiger partial charge in [0.15, 0.2) is 0 Å². The summed E-state index contributed by atoms with van der Waals surface area (Å²) < 4.78 is 0. The zero-order chi connectivity index (χ0) is 17.4. The van der Waals surface area contributed by atoms with Crippen molar-refractivity contribution >= 4 is 34.1 Å². The number of nitrogens with zero attached hydrogens (tertiary/aromatic N) is 3. The Morgan fingerprint density at radius 2 is 1.84 bits per heavy atom. The standard InChI is InChI=1S/C20H18ClN3O/c1-23-10-11-24(13-14-6-2-5-9-18(14)23)20(25)16-12-19(21)22-17-8-4-3-7-15(16)17/h2-9,12H,10-11,13H2,1H3. The van der Waals surface area contributed by atoms with Gasteiger partial charge in [-0.15, -0.1) is 0 Å². The Kier molecular flexibility index (Phi) is 4.06. The van der Waals surface area contributed by atoms with Crippen LogP contribution in [-0.2, 0) is 6.54 Å². The number of pyridine rings is 1. The number of aromatic nitrogens is 1. The fourth-order valence-electron chi connectivity index (χ4n) is 3.36. The van der Waals surface area contributed by atoms with Gasteiger partial charge in [0.2, 0.25) is 0 Å². The molecule has 4 rings (SSSR count). The number of halogens is 1. The highest BCUT2D eigenvalue weighted by Gasteiger charge is 2.23. The second-order valence-corrected chi connectivity index (χ2v) is 6.67. The summed E-state index contributed by atoms with van der Waals surface area (Å²) in [6, 6.07) is 17.5. The van der Waals surface area contributed by atoms with E-state index in [0.29, 0.717) is 23.8 Å². The maximum Gasteiger partial charge on any atom is 0.255 e. The molecule has 0 fully saturated rings. The summed E-state index contributed by atoms with van der Waals surface area (Å²) in [7, 11) is 2.06. The van der Waals surface area contributed by atoms with Gasteiger partial charge >= 0.3 is 0 Å². The van der Waals surface area contributed by atoms with E-state index in [4.69, 9.17) is 11.6 Å². The number of amides is 1. The normalized spacial score (nSPS) is 14.3. The molecule has 0 atom stereocenters. The van der Waals surface area contributed by atoms with Crippen LogP contribution >= 0.6 is 11.6 Å². The molecule has 0 saturated heterocycles. The third-order valence-corrected chi connectivity index (χ3v) is 4.87. The van der Waals surface area contributed by atoms with Gasteiger partial charge in [-0.1, -0.05) is 48.0 Å². The van der Waals surface area contributed by atoms with Crippen LogP contribution in [0.3, 0.4) is 0 Å². The first-order valence-electron chi connectivity index (χ1n) is 8.27. The third kappa shape index (κ3) is 2.94. The van der Waals surface area contributed by atoms with Crippen LogP contribution in [0, 0.1) is 0 Å². The zero-order valence-corrected chi connectivity index (χ0v) is 14.7. The van der Waals surface area contributed by atoms with E-state index in [2.05, 4.69) is 29.1 Å². The van der Waals surface area contributed by atoms with Crippen molar-refractivity contribution in [2.24, 2.45) is 0 Å². The molecule has 0 N–H and O–H groups in total. The lowest BCUT2D eigenvalue weighted by Crippen LogP contribution is -2.34. The predicted octanol–water partition coefficient (Wildman–Crippen LogP) is 3.98. The van der Waals surface area contributed by atoms with Gasteiger partial charge in [-0.2, -0.15) is 0 Å². The second kappa shape index (κ2) is 6.37. The molecular weight excluding hydrogens is 334 g/mol. The van der Waals surface area contributed by atoms with Crippen LogP contribution in [0.2, 0.25) is 5.15 Å². The summed E-state index contributed by atoms with van der Waals surface area (Å²) in [6.07, 6.45) is 0. The summed E-state index contributed by atoms with van der Waals surface area (Å²) in [5.74, 6) is -0.00870. The van der Waals surface area contributed by atoms with E-state index in [1.54, 1.807) is 6.07 Å². The summed E-state index contributed by atoms with van der Waals surface area (Å²) in [6.45, 7) is 2.05. The zero-order valence-electron chi connectivity index (χ0n) is 13.9. The molecule has 5 heteroatoms. The molecule has 1 amide bonds. The van der Waals surface area contributed by atoms with Crippen molar-refractivity contribution in [1.29, 1.82) is 0 Å². The Labute approximate surface area is 151 Å². The third-order valence-electron chi connectivity index (χ3n) is 4.67. The van der Waals surface area contributed by atoms with Gasteiger partial charge in [-0.05, 0) is 23.8 Å². The van der Waals surface area contributed by atoms with Crippen molar-refractivity contribution in [3.63, 3.8) is 0 Å². The van der Waals surface area contributed by atoms with Crippen molar-refractivity contribution < 1.29 is 4.79 Å². The average Bonchev–Trinajstić information content (AvgIpc) is 2.80. The number of carbonyl (C=O) groups excluding carboxylic acids is 1. The van der Waals surface area contributed by atoms with E-state index >= 15 is 0 Å². The first-order valence-corrected chi connectivity index (χ1v) is 8.65. The first kappa shape index (κ1) is 15.9. The number of fused-ring (bicyclic) bond motifs is 2. The van der Waals surface area contributed by atoms with Gasteiger partial charge in [0.05, 0.1) is 11.1 Å². The molecule has 1 aliphatic heterocycles. The van der Waals surface area contributed by atoms with Crippen LogP contribution in [0.15, 0.2) is 54.6 Å². The van der Waals surface area contributed by atoms with Gasteiger partial charge in [0, 0.05) is 37.8 Å². The van der Waals surface area contributed by atoms with Crippen molar-refractivity contribution in [2.45, 2.75) is 6.54 Å². The molecule has 3 aromatic rings. The fourth-order valence-corrected chi connectivity index (χ4v) is 3.56. The molecule has 2 aromatic carbocycles. The number of carbonyl (C=O) groups is 1. The lowest BCUT2D eigenvalue weighted by atomic mass is 10.1. The minimum absolute atomic E-state index is 0.00870. The van der Waals surface area contributed by atoms with Crippen LogP contribution < -0.4 is 4.90 Å². The quantitative estimate of drug-likeness (QED) is 0.622. The SMILES string of the molecule is CN1CCN(C(=O)c2cc(Cl)nc3ccccc23)Cc2ccccc21. The molecular formula is C20H18ClN3O. The summed E-state index contributed by atoms with van der Waals surface area (Å²) in [4.78, 5) is 21.7. The van der Waals surface area contributed by atoms with E-state index in [1.165, 1.54) is 5.69 Å². The van der Waals surface area contributed by atoms with E-state index < -0.39 is 0 Å². The molecule has 0 bridgehead atoms. The smallest absolute Gasteiger partial charge is 0.255 e. The van der Waals surface area contributed by atoms with E-state index in [-0.39, 0.29) is 5.91 Å². The van der Waals surface area contributed by atoms with Gasteiger partial charge in [0.25, 0.3) is 5.91 Å². The van der Waals surface area contributed by atoms with Crippen LogP contribution in [0.1, 0.15) is 15.9 Å². The Morgan fingerprint density at radius 1 is 1.08 bits per heavy atom. The summed E-state index contributed by atoms with van der Waals surface area (Å²) in [5.41, 5.74) is 3.68. The summed E-state index contributed by atoms with van der Waals surface area (Å²) >= 11 is 6.15. The minimum Gasteiger partial charge on any atom is -0.373 e. The number of anilines is 1. The minimum atomic E-state index is -0.00870. The van der Waals surface area contributed by atoms with Gasteiger partial charge in [-0.25, -0.2) is 4.98 Å². The molecule has 1 aliphatic rings. The Hall–Kier alpha value is -2.59. The number of para-hydroxylation sites is 2. The van der Waals surface area contributed by atoms with Crippen molar-refractivity contribution in [1.82, 2.24) is 9.88 Å². The average molecular weight is 352 g/mol. The topological polar surface area (TPSA) is 36.4 Å². The molecule has 0 unspecified atom stereocenters. The van der Waals surface area contributed by atoms with Crippen LogP contribution in [0.25, 0.3) is 10.9 Å².